The Hall–Kier alpha value is -0.600. The molecule has 0 spiro atoms. The van der Waals surface area contributed by atoms with Gasteiger partial charge < -0.3 is 5.11 Å². The van der Waals surface area contributed by atoms with Gasteiger partial charge >= 0.3 is 0 Å². The number of benzene rings is 1. The summed E-state index contributed by atoms with van der Waals surface area (Å²) in [5, 5.41) is 9.74. The van der Waals surface area contributed by atoms with Crippen LogP contribution in [0.1, 0.15) is 31.4 Å². The van der Waals surface area contributed by atoms with E-state index in [-0.39, 0.29) is 0 Å². The Bertz CT molecular complexity index is 290. The topological polar surface area (TPSA) is 20.2 Å². The molecule has 0 radical (unpaired) electrons. The highest BCUT2D eigenvalue weighted by atomic mass is 79.9. The molecule has 0 aliphatic rings. The van der Waals surface area contributed by atoms with Gasteiger partial charge in [-0.2, -0.15) is 0 Å². The number of halogens is 1. The van der Waals surface area contributed by atoms with Crippen LogP contribution in [0.5, 0.6) is 0 Å². The second kappa shape index (κ2) is 5.99. The number of aliphatic hydroxyl groups is 1. The first-order valence-electron chi connectivity index (χ1n) is 4.84. The summed E-state index contributed by atoms with van der Waals surface area (Å²) in [7, 11) is 0. The molecule has 0 saturated heterocycles. The van der Waals surface area contributed by atoms with E-state index in [2.05, 4.69) is 22.9 Å². The average Bonchev–Trinajstić information content (AvgIpc) is 2.19. The second-order valence-electron chi connectivity index (χ2n) is 3.21. The molecule has 0 amide bonds. The summed E-state index contributed by atoms with van der Waals surface area (Å²) < 4.78 is 1.03. The third-order valence-corrected chi connectivity index (χ3v) is 2.51. The van der Waals surface area contributed by atoms with Crippen LogP contribution in [-0.2, 0) is 0 Å². The number of hydrogen-bond acceptors (Lipinski definition) is 1. The summed E-state index contributed by atoms with van der Waals surface area (Å²) >= 11 is 3.36. The molecule has 1 nitrogen and oxygen atoms in total. The Morgan fingerprint density at radius 3 is 2.57 bits per heavy atom. The molecule has 0 aliphatic carbocycles. The lowest BCUT2D eigenvalue weighted by atomic mass is 10.1. The van der Waals surface area contributed by atoms with Crippen LogP contribution in [0.3, 0.4) is 0 Å². The molecule has 0 heterocycles. The minimum absolute atomic E-state index is 0.477. The molecule has 1 rings (SSSR count). The maximum absolute atomic E-state index is 9.74. The van der Waals surface area contributed by atoms with Crippen molar-refractivity contribution in [2.75, 3.05) is 0 Å². The van der Waals surface area contributed by atoms with Crippen molar-refractivity contribution in [2.45, 2.75) is 25.9 Å². The first-order valence-corrected chi connectivity index (χ1v) is 5.63. The van der Waals surface area contributed by atoms with E-state index >= 15 is 0 Å². The van der Waals surface area contributed by atoms with E-state index in [1.54, 1.807) is 0 Å². The average molecular weight is 255 g/mol. The fourth-order valence-corrected chi connectivity index (χ4v) is 1.43. The van der Waals surface area contributed by atoms with Gasteiger partial charge in [-0.15, -0.1) is 0 Å². The molecule has 76 valence electrons. The molecule has 14 heavy (non-hydrogen) atoms. The molecule has 0 bridgehead atoms. The number of allylic oxidation sites excluding steroid dienone is 1. The Morgan fingerprint density at radius 2 is 2.00 bits per heavy atom. The van der Waals surface area contributed by atoms with Gasteiger partial charge in [-0.25, -0.2) is 0 Å². The van der Waals surface area contributed by atoms with Gasteiger partial charge in [0.1, 0.15) is 0 Å². The van der Waals surface area contributed by atoms with E-state index in [4.69, 9.17) is 0 Å². The summed E-state index contributed by atoms with van der Waals surface area (Å²) in [5.41, 5.74) is 0.931. The summed E-state index contributed by atoms with van der Waals surface area (Å²) in [6, 6.07) is 7.72. The zero-order chi connectivity index (χ0) is 10.4. The Balaban J connectivity index is 2.60. The predicted molar refractivity (Wildman–Crippen MR) is 63.1 cm³/mol. The zero-order valence-corrected chi connectivity index (χ0v) is 9.87. The Kier molecular flexibility index (Phi) is 4.91. The Morgan fingerprint density at radius 1 is 1.36 bits per heavy atom. The third kappa shape index (κ3) is 3.64. The van der Waals surface area contributed by atoms with Gasteiger partial charge in [0.2, 0.25) is 0 Å². The van der Waals surface area contributed by atoms with Crippen LogP contribution in [0.25, 0.3) is 0 Å². The fourth-order valence-electron chi connectivity index (χ4n) is 1.16. The Labute approximate surface area is 93.6 Å². The van der Waals surface area contributed by atoms with E-state index in [1.165, 1.54) is 0 Å². The molecule has 1 N–H and O–H groups in total. The van der Waals surface area contributed by atoms with Gasteiger partial charge in [0, 0.05) is 4.47 Å². The molecule has 0 fully saturated rings. The highest BCUT2D eigenvalue weighted by Crippen LogP contribution is 2.17. The van der Waals surface area contributed by atoms with Crippen LogP contribution in [0.15, 0.2) is 40.9 Å². The lowest BCUT2D eigenvalue weighted by Crippen LogP contribution is -1.91. The van der Waals surface area contributed by atoms with E-state index in [0.29, 0.717) is 0 Å². The van der Waals surface area contributed by atoms with Gasteiger partial charge in [-0.05, 0) is 24.1 Å². The van der Waals surface area contributed by atoms with E-state index in [9.17, 15) is 5.11 Å². The highest BCUT2D eigenvalue weighted by molar-refractivity contribution is 9.10. The first-order chi connectivity index (χ1) is 6.74. The van der Waals surface area contributed by atoms with E-state index in [0.717, 1.165) is 22.9 Å². The van der Waals surface area contributed by atoms with Crippen molar-refractivity contribution in [2.24, 2.45) is 0 Å². The quantitative estimate of drug-likeness (QED) is 0.810. The highest BCUT2D eigenvalue weighted by Gasteiger charge is 2.01. The molecule has 0 aromatic heterocycles. The van der Waals surface area contributed by atoms with Crippen LogP contribution in [0.2, 0.25) is 0 Å². The van der Waals surface area contributed by atoms with Crippen molar-refractivity contribution in [1.29, 1.82) is 0 Å². The predicted octanol–water partition coefficient (Wildman–Crippen LogP) is 3.84. The minimum atomic E-state index is -0.477. The van der Waals surface area contributed by atoms with Gasteiger partial charge in [-0.1, -0.05) is 53.6 Å². The minimum Gasteiger partial charge on any atom is -0.384 e. The first kappa shape index (κ1) is 11.5. The van der Waals surface area contributed by atoms with Gasteiger partial charge in [0.05, 0.1) is 6.10 Å². The van der Waals surface area contributed by atoms with Crippen LogP contribution >= 0.6 is 15.9 Å². The summed E-state index contributed by atoms with van der Waals surface area (Å²) in [6.07, 6.45) is 5.52. The molecular weight excluding hydrogens is 240 g/mol. The van der Waals surface area contributed by atoms with Crippen LogP contribution in [0, 0.1) is 0 Å². The standard InChI is InChI=1S/C12H15BrO/c1-2-3-4-5-12(14)10-6-8-11(13)9-7-10/h4-9,12,14H,2-3H2,1H3/b5-4+. The molecule has 0 saturated carbocycles. The fraction of sp³-hybridized carbons (Fsp3) is 0.333. The van der Waals surface area contributed by atoms with Crippen molar-refractivity contribution >= 4 is 15.9 Å². The van der Waals surface area contributed by atoms with Crippen LogP contribution in [0.4, 0.5) is 0 Å². The smallest absolute Gasteiger partial charge is 0.0971 e. The maximum Gasteiger partial charge on any atom is 0.0971 e. The molecule has 0 aliphatic heterocycles. The molecule has 1 unspecified atom stereocenters. The van der Waals surface area contributed by atoms with Crippen molar-refractivity contribution in [3.05, 3.63) is 46.5 Å². The van der Waals surface area contributed by atoms with Crippen LogP contribution < -0.4 is 0 Å². The van der Waals surface area contributed by atoms with Crippen molar-refractivity contribution in [1.82, 2.24) is 0 Å². The van der Waals surface area contributed by atoms with Crippen molar-refractivity contribution < 1.29 is 5.11 Å². The number of unbranched alkanes of at least 4 members (excludes halogenated alkanes) is 1. The summed E-state index contributed by atoms with van der Waals surface area (Å²) in [5.74, 6) is 0. The monoisotopic (exact) mass is 254 g/mol. The molecule has 1 aromatic rings. The summed E-state index contributed by atoms with van der Waals surface area (Å²) in [6.45, 7) is 2.12. The second-order valence-corrected chi connectivity index (χ2v) is 4.13. The van der Waals surface area contributed by atoms with Crippen molar-refractivity contribution in [3.8, 4) is 0 Å². The molecule has 2 heteroatoms. The molecule has 1 aromatic carbocycles. The van der Waals surface area contributed by atoms with E-state index in [1.807, 2.05) is 36.4 Å². The van der Waals surface area contributed by atoms with Crippen LogP contribution in [-0.4, -0.2) is 5.11 Å². The van der Waals surface area contributed by atoms with E-state index < -0.39 is 6.10 Å². The third-order valence-electron chi connectivity index (χ3n) is 1.99. The number of rotatable bonds is 4. The molecular formula is C12H15BrO. The number of hydrogen-bond donors (Lipinski definition) is 1. The maximum atomic E-state index is 9.74. The van der Waals surface area contributed by atoms with Gasteiger partial charge in [-0.3, -0.25) is 0 Å². The van der Waals surface area contributed by atoms with Gasteiger partial charge in [0.25, 0.3) is 0 Å². The largest absolute Gasteiger partial charge is 0.384 e. The SMILES string of the molecule is CCC/C=C/C(O)c1ccc(Br)cc1. The normalized spacial score (nSPS) is 13.4. The molecule has 1 atom stereocenters. The number of aliphatic hydroxyl groups excluding tert-OH is 1. The lowest BCUT2D eigenvalue weighted by Gasteiger charge is -2.05. The van der Waals surface area contributed by atoms with Crippen molar-refractivity contribution in [3.63, 3.8) is 0 Å². The zero-order valence-electron chi connectivity index (χ0n) is 8.28. The summed E-state index contributed by atoms with van der Waals surface area (Å²) in [4.78, 5) is 0. The van der Waals surface area contributed by atoms with Gasteiger partial charge in [0.15, 0.2) is 0 Å². The lowest BCUT2D eigenvalue weighted by molar-refractivity contribution is 0.228.